The van der Waals surface area contributed by atoms with E-state index in [0.717, 1.165) is 10.9 Å². The summed E-state index contributed by atoms with van der Waals surface area (Å²) in [4.78, 5) is 18.5. The summed E-state index contributed by atoms with van der Waals surface area (Å²) in [5, 5.41) is 12.2. The third-order valence-electron chi connectivity index (χ3n) is 5.98. The summed E-state index contributed by atoms with van der Waals surface area (Å²) >= 11 is 6.30. The first-order chi connectivity index (χ1) is 16.1. The van der Waals surface area contributed by atoms with Crippen LogP contribution in [0.5, 0.6) is 0 Å². The van der Waals surface area contributed by atoms with Crippen LogP contribution in [-0.2, 0) is 12.0 Å². The van der Waals surface area contributed by atoms with Crippen LogP contribution in [0.15, 0.2) is 72.9 Å². The van der Waals surface area contributed by atoms with E-state index in [1.807, 2.05) is 18.2 Å². The second kappa shape index (κ2) is 9.61. The summed E-state index contributed by atoms with van der Waals surface area (Å²) in [5.74, 6) is -0.633. The van der Waals surface area contributed by atoms with Crippen LogP contribution < -0.4 is 0 Å². The first-order valence-corrected chi connectivity index (χ1v) is 11.6. The number of amides is 1. The fourth-order valence-electron chi connectivity index (χ4n) is 4.02. The normalized spacial score (nSPS) is 12.6. The number of aromatic amines is 1. The summed E-state index contributed by atoms with van der Waals surface area (Å²) in [7, 11) is 0. The van der Waals surface area contributed by atoms with Crippen LogP contribution in [0, 0.1) is 5.82 Å². The molecule has 1 atom stereocenters. The Hall–Kier alpha value is -3.15. The Balaban J connectivity index is 1.67. The number of halogens is 2. The summed E-state index contributed by atoms with van der Waals surface area (Å²) in [6, 6.07) is 19.1. The minimum absolute atomic E-state index is 0.0207. The van der Waals surface area contributed by atoms with Gasteiger partial charge in [-0.1, -0.05) is 68.8 Å². The Bertz CT molecular complexity index is 1290. The van der Waals surface area contributed by atoms with Crippen LogP contribution in [0.25, 0.3) is 10.9 Å². The van der Waals surface area contributed by atoms with Gasteiger partial charge in [0.05, 0.1) is 23.7 Å². The first-order valence-electron chi connectivity index (χ1n) is 11.2. The molecule has 3 aromatic carbocycles. The van der Waals surface area contributed by atoms with Gasteiger partial charge in [0, 0.05) is 23.2 Å². The Labute approximate surface area is 204 Å². The monoisotopic (exact) mass is 478 g/mol. The van der Waals surface area contributed by atoms with Crippen molar-refractivity contribution in [3.05, 3.63) is 106 Å². The molecule has 4 rings (SSSR count). The molecule has 1 amide bonds. The molecule has 0 fully saturated rings. The molecule has 0 radical (unpaired) electrons. The zero-order valence-corrected chi connectivity index (χ0v) is 20.2. The number of hydrogen-bond donors (Lipinski definition) is 2. The zero-order chi connectivity index (χ0) is 24.5. The SMILES string of the molecule is CC(C)(C)c1ccc(CN(CC(O)c2ccc(F)cc2)C(=O)c2cc(Cl)cc3cc[nH]c23)cc1. The molecule has 1 heterocycles. The number of nitrogens with one attached hydrogen (secondary N) is 1. The van der Waals surface area contributed by atoms with Gasteiger partial charge in [0.25, 0.3) is 5.91 Å². The van der Waals surface area contributed by atoms with Crippen LogP contribution in [0.2, 0.25) is 5.02 Å². The summed E-state index contributed by atoms with van der Waals surface area (Å²) in [6.07, 6.45) is 0.789. The highest BCUT2D eigenvalue weighted by molar-refractivity contribution is 6.32. The molecule has 4 nitrogen and oxygen atoms in total. The van der Waals surface area contributed by atoms with E-state index in [1.54, 1.807) is 23.2 Å². The highest BCUT2D eigenvalue weighted by Crippen LogP contribution is 2.27. The molecule has 0 saturated heterocycles. The van der Waals surface area contributed by atoms with Gasteiger partial charge < -0.3 is 15.0 Å². The van der Waals surface area contributed by atoms with Gasteiger partial charge in [0.15, 0.2) is 0 Å². The molecule has 6 heteroatoms. The molecular formula is C28H28ClFN2O2. The van der Waals surface area contributed by atoms with Gasteiger partial charge in [-0.25, -0.2) is 4.39 Å². The number of carbonyl (C=O) groups is 1. The summed E-state index contributed by atoms with van der Waals surface area (Å²) < 4.78 is 13.4. The smallest absolute Gasteiger partial charge is 0.256 e. The van der Waals surface area contributed by atoms with Gasteiger partial charge in [-0.2, -0.15) is 0 Å². The van der Waals surface area contributed by atoms with E-state index in [0.29, 0.717) is 28.2 Å². The maximum absolute atomic E-state index is 13.7. The molecule has 0 aliphatic heterocycles. The molecule has 1 aromatic heterocycles. The predicted molar refractivity (Wildman–Crippen MR) is 135 cm³/mol. The number of H-pyrrole nitrogens is 1. The number of aliphatic hydroxyl groups is 1. The molecule has 176 valence electrons. The van der Waals surface area contributed by atoms with Crippen LogP contribution in [0.4, 0.5) is 4.39 Å². The largest absolute Gasteiger partial charge is 0.387 e. The van der Waals surface area contributed by atoms with Crippen molar-refractivity contribution in [1.29, 1.82) is 0 Å². The van der Waals surface area contributed by atoms with Crippen molar-refractivity contribution in [2.45, 2.75) is 38.8 Å². The van der Waals surface area contributed by atoms with Gasteiger partial charge in [-0.15, -0.1) is 0 Å². The van der Waals surface area contributed by atoms with Crippen molar-refractivity contribution >= 4 is 28.4 Å². The van der Waals surface area contributed by atoms with Crippen LogP contribution >= 0.6 is 11.6 Å². The van der Waals surface area contributed by atoms with E-state index < -0.39 is 6.10 Å². The zero-order valence-electron chi connectivity index (χ0n) is 19.5. The highest BCUT2D eigenvalue weighted by Gasteiger charge is 2.23. The van der Waals surface area contributed by atoms with Gasteiger partial charge in [0.2, 0.25) is 0 Å². The molecule has 1 unspecified atom stereocenters. The van der Waals surface area contributed by atoms with Gasteiger partial charge in [-0.3, -0.25) is 4.79 Å². The molecule has 2 N–H and O–H groups in total. The molecule has 34 heavy (non-hydrogen) atoms. The van der Waals surface area contributed by atoms with E-state index in [4.69, 9.17) is 11.6 Å². The minimum atomic E-state index is -0.975. The fourth-order valence-corrected chi connectivity index (χ4v) is 4.25. The summed E-state index contributed by atoms with van der Waals surface area (Å²) in [5.41, 5.74) is 3.83. The molecule has 0 bridgehead atoms. The highest BCUT2D eigenvalue weighted by atomic mass is 35.5. The number of aromatic nitrogens is 1. The van der Waals surface area contributed by atoms with Crippen LogP contribution in [0.3, 0.4) is 0 Å². The molecule has 0 aliphatic carbocycles. The number of nitrogens with zero attached hydrogens (tertiary/aromatic N) is 1. The van der Waals surface area contributed by atoms with Crippen LogP contribution in [0.1, 0.15) is 53.9 Å². The molecule has 4 aromatic rings. The molecular weight excluding hydrogens is 451 g/mol. The lowest BCUT2D eigenvalue weighted by Gasteiger charge is -2.27. The van der Waals surface area contributed by atoms with E-state index in [-0.39, 0.29) is 23.7 Å². The second-order valence-electron chi connectivity index (χ2n) is 9.60. The Morgan fingerprint density at radius 3 is 2.38 bits per heavy atom. The van der Waals surface area contributed by atoms with Crippen molar-refractivity contribution in [2.75, 3.05) is 6.54 Å². The Morgan fingerprint density at radius 2 is 1.74 bits per heavy atom. The standard InChI is InChI=1S/C28H28ClFN2O2/c1-28(2,3)21-8-4-18(5-9-21)16-32(17-25(33)19-6-10-23(30)11-7-19)27(34)24-15-22(29)14-20-12-13-31-26(20)24/h4-15,25,31,33H,16-17H2,1-3H3. The van der Waals surface area contributed by atoms with E-state index >= 15 is 0 Å². The first kappa shape index (κ1) is 24.0. The van der Waals surface area contributed by atoms with E-state index in [9.17, 15) is 14.3 Å². The fraction of sp³-hybridized carbons (Fsp3) is 0.250. The van der Waals surface area contributed by atoms with Crippen molar-refractivity contribution in [3.8, 4) is 0 Å². The number of hydrogen-bond acceptors (Lipinski definition) is 2. The molecule has 0 aliphatic rings. The number of rotatable bonds is 6. The van der Waals surface area contributed by atoms with Crippen molar-refractivity contribution in [2.24, 2.45) is 0 Å². The number of aliphatic hydroxyl groups excluding tert-OH is 1. The van der Waals surface area contributed by atoms with Gasteiger partial charge in [0.1, 0.15) is 5.82 Å². The lowest BCUT2D eigenvalue weighted by Crippen LogP contribution is -2.34. The summed E-state index contributed by atoms with van der Waals surface area (Å²) in [6.45, 7) is 6.79. The quantitative estimate of drug-likeness (QED) is 0.326. The van der Waals surface area contributed by atoms with Gasteiger partial charge in [-0.05, 0) is 52.4 Å². The van der Waals surface area contributed by atoms with Gasteiger partial charge >= 0.3 is 0 Å². The topological polar surface area (TPSA) is 56.3 Å². The third-order valence-corrected chi connectivity index (χ3v) is 6.20. The maximum Gasteiger partial charge on any atom is 0.256 e. The second-order valence-corrected chi connectivity index (χ2v) is 10.0. The predicted octanol–water partition coefficient (Wildman–Crippen LogP) is 6.63. The van der Waals surface area contributed by atoms with E-state index in [1.165, 1.54) is 29.8 Å². The van der Waals surface area contributed by atoms with Crippen molar-refractivity contribution in [3.63, 3.8) is 0 Å². The number of fused-ring (bicyclic) bond motifs is 1. The van der Waals surface area contributed by atoms with E-state index in [2.05, 4.69) is 37.9 Å². The Morgan fingerprint density at radius 1 is 1.06 bits per heavy atom. The lowest BCUT2D eigenvalue weighted by molar-refractivity contribution is 0.0605. The number of carbonyl (C=O) groups excluding carboxylic acids is 1. The average Bonchev–Trinajstić information content (AvgIpc) is 3.26. The number of benzene rings is 3. The Kier molecular flexibility index (Phi) is 6.78. The lowest BCUT2D eigenvalue weighted by atomic mass is 9.87. The average molecular weight is 479 g/mol. The third kappa shape index (κ3) is 5.32. The molecule has 0 saturated carbocycles. The maximum atomic E-state index is 13.7. The molecule has 0 spiro atoms. The van der Waals surface area contributed by atoms with Crippen molar-refractivity contribution in [1.82, 2.24) is 9.88 Å². The van der Waals surface area contributed by atoms with Crippen LogP contribution in [-0.4, -0.2) is 27.4 Å². The minimum Gasteiger partial charge on any atom is -0.387 e. The van der Waals surface area contributed by atoms with Crippen molar-refractivity contribution < 1.29 is 14.3 Å².